The number of hydrogen-bond acceptors (Lipinski definition) is 7. The molecular weight excluding hydrogens is 344 g/mol. The van der Waals surface area contributed by atoms with Crippen LogP contribution in [0.1, 0.15) is 23.1 Å². The number of amides is 1. The van der Waals surface area contributed by atoms with Crippen LogP contribution < -0.4 is 0 Å². The molecule has 1 amide bonds. The summed E-state index contributed by atoms with van der Waals surface area (Å²) < 4.78 is 31.1. The first-order valence-corrected chi connectivity index (χ1v) is 10.1. The Labute approximate surface area is 148 Å². The summed E-state index contributed by atoms with van der Waals surface area (Å²) in [5.74, 6) is -0.268. The lowest BCUT2D eigenvalue weighted by Crippen LogP contribution is -2.71. The molecule has 1 aromatic heterocycles. The van der Waals surface area contributed by atoms with Gasteiger partial charge >= 0.3 is 0 Å². The number of hydrogen-bond donors (Lipinski definition) is 0. The third-order valence-corrected chi connectivity index (χ3v) is 7.16. The van der Waals surface area contributed by atoms with E-state index in [0.29, 0.717) is 17.9 Å². The van der Waals surface area contributed by atoms with Crippen molar-refractivity contribution in [2.75, 3.05) is 45.6 Å². The second-order valence-electron chi connectivity index (χ2n) is 6.93. The van der Waals surface area contributed by atoms with Crippen LogP contribution in [0.5, 0.6) is 0 Å². The number of nitrogens with zero attached hydrogens (tertiary/aromatic N) is 4. The molecular formula is C16H24N4O4S. The number of aromatic nitrogens is 2. The molecule has 25 heavy (non-hydrogen) atoms. The van der Waals surface area contributed by atoms with E-state index in [1.165, 1.54) is 12.4 Å². The van der Waals surface area contributed by atoms with E-state index in [1.807, 2.05) is 18.9 Å². The third kappa shape index (κ3) is 3.54. The van der Waals surface area contributed by atoms with E-state index >= 15 is 0 Å². The molecule has 1 spiro atoms. The quantitative estimate of drug-likeness (QED) is 0.723. The molecule has 138 valence electrons. The van der Waals surface area contributed by atoms with Crippen LogP contribution in [0, 0.1) is 6.92 Å². The van der Waals surface area contributed by atoms with Gasteiger partial charge in [0.2, 0.25) is 0 Å². The van der Waals surface area contributed by atoms with Crippen molar-refractivity contribution in [3.05, 3.63) is 23.8 Å². The van der Waals surface area contributed by atoms with Crippen LogP contribution in [0.2, 0.25) is 0 Å². The van der Waals surface area contributed by atoms with Gasteiger partial charge in [-0.15, -0.1) is 0 Å². The van der Waals surface area contributed by atoms with Crippen LogP contribution in [-0.2, 0) is 14.6 Å². The molecule has 0 saturated carbocycles. The van der Waals surface area contributed by atoms with Gasteiger partial charge in [-0.1, -0.05) is 6.92 Å². The number of rotatable bonds is 4. The Hall–Kier alpha value is -1.58. The lowest BCUT2D eigenvalue weighted by atomic mass is 9.95. The first kappa shape index (κ1) is 18.2. The molecule has 0 unspecified atom stereocenters. The first-order valence-electron chi connectivity index (χ1n) is 8.37. The maximum atomic E-state index is 12.6. The van der Waals surface area contributed by atoms with Crippen molar-refractivity contribution >= 4 is 15.7 Å². The van der Waals surface area contributed by atoms with Gasteiger partial charge in [-0.3, -0.25) is 9.78 Å². The fourth-order valence-electron chi connectivity index (χ4n) is 3.29. The summed E-state index contributed by atoms with van der Waals surface area (Å²) in [4.78, 5) is 24.2. The Bertz CT molecular complexity index is 761. The van der Waals surface area contributed by atoms with E-state index in [2.05, 4.69) is 9.97 Å². The van der Waals surface area contributed by atoms with E-state index in [4.69, 9.17) is 4.74 Å². The van der Waals surface area contributed by atoms with Crippen molar-refractivity contribution in [3.8, 4) is 0 Å². The SMILES string of the molecule is CCN(C)C[C@H]1COC2(CN(C(=O)c3nccnc3C)C2)CS1(=O)=O. The predicted octanol–water partition coefficient (Wildman–Crippen LogP) is -0.255. The summed E-state index contributed by atoms with van der Waals surface area (Å²) in [7, 11) is -1.36. The van der Waals surface area contributed by atoms with Crippen molar-refractivity contribution in [2.45, 2.75) is 24.7 Å². The lowest BCUT2D eigenvalue weighted by molar-refractivity contribution is -0.121. The van der Waals surface area contributed by atoms with E-state index in [0.717, 1.165) is 6.54 Å². The molecule has 0 aromatic carbocycles. The Balaban J connectivity index is 1.64. The smallest absolute Gasteiger partial charge is 0.274 e. The molecule has 9 heteroatoms. The fraction of sp³-hybridized carbons (Fsp3) is 0.688. The number of sulfone groups is 1. The molecule has 1 atom stereocenters. The molecule has 0 bridgehead atoms. The van der Waals surface area contributed by atoms with Crippen LogP contribution in [0.25, 0.3) is 0 Å². The van der Waals surface area contributed by atoms with E-state index in [-0.39, 0.29) is 31.4 Å². The summed E-state index contributed by atoms with van der Waals surface area (Å²) in [5.41, 5.74) is 0.0954. The van der Waals surface area contributed by atoms with Gasteiger partial charge in [0.25, 0.3) is 5.91 Å². The van der Waals surface area contributed by atoms with Crippen molar-refractivity contribution in [1.82, 2.24) is 19.8 Å². The largest absolute Gasteiger partial charge is 0.369 e. The Morgan fingerprint density at radius 1 is 1.40 bits per heavy atom. The second-order valence-corrected chi connectivity index (χ2v) is 9.21. The Morgan fingerprint density at radius 2 is 2.08 bits per heavy atom. The van der Waals surface area contributed by atoms with E-state index in [9.17, 15) is 13.2 Å². The van der Waals surface area contributed by atoms with E-state index < -0.39 is 20.7 Å². The van der Waals surface area contributed by atoms with Gasteiger partial charge in [-0.25, -0.2) is 13.4 Å². The molecule has 1 aromatic rings. The van der Waals surface area contributed by atoms with Crippen LogP contribution in [0.4, 0.5) is 0 Å². The van der Waals surface area contributed by atoms with Crippen molar-refractivity contribution in [3.63, 3.8) is 0 Å². The monoisotopic (exact) mass is 368 g/mol. The normalized spacial score (nSPS) is 24.3. The van der Waals surface area contributed by atoms with E-state index in [1.54, 1.807) is 11.8 Å². The minimum Gasteiger partial charge on any atom is -0.369 e. The standard InChI is InChI=1S/C16H24N4O4S/c1-4-19(3)7-13-8-24-16(11-25(13,22)23)9-20(10-16)15(21)14-12(2)17-5-6-18-14/h5-6,13H,4,7-11H2,1-3H3/t13-/m0/s1. The fourth-order valence-corrected chi connectivity index (χ4v) is 5.28. The van der Waals surface area contributed by atoms with Crippen LogP contribution in [0.15, 0.2) is 12.4 Å². The highest BCUT2D eigenvalue weighted by molar-refractivity contribution is 7.92. The average molecular weight is 368 g/mol. The molecule has 8 nitrogen and oxygen atoms in total. The van der Waals surface area contributed by atoms with Crippen molar-refractivity contribution in [1.29, 1.82) is 0 Å². The van der Waals surface area contributed by atoms with Gasteiger partial charge in [0.05, 0.1) is 36.4 Å². The maximum Gasteiger partial charge on any atom is 0.274 e. The summed E-state index contributed by atoms with van der Waals surface area (Å²) in [5, 5.41) is -0.505. The number of carbonyl (C=O) groups is 1. The molecule has 3 heterocycles. The molecule has 0 radical (unpaired) electrons. The molecule has 3 rings (SSSR count). The lowest BCUT2D eigenvalue weighted by Gasteiger charge is -2.52. The highest BCUT2D eigenvalue weighted by atomic mass is 32.2. The number of likely N-dealkylation sites (tertiary alicyclic amines) is 1. The average Bonchev–Trinajstić information content (AvgIpc) is 2.54. The van der Waals surface area contributed by atoms with Gasteiger partial charge < -0.3 is 14.5 Å². The Morgan fingerprint density at radius 3 is 2.68 bits per heavy atom. The zero-order chi connectivity index (χ0) is 18.2. The van der Waals surface area contributed by atoms with Crippen molar-refractivity contribution in [2.24, 2.45) is 0 Å². The highest BCUT2D eigenvalue weighted by Gasteiger charge is 2.54. The van der Waals surface area contributed by atoms with Gasteiger partial charge in [0, 0.05) is 18.9 Å². The Kier molecular flexibility index (Phi) is 4.82. The van der Waals surface area contributed by atoms with Crippen LogP contribution in [-0.4, -0.2) is 90.5 Å². The van der Waals surface area contributed by atoms with Gasteiger partial charge in [0.15, 0.2) is 9.84 Å². The summed E-state index contributed by atoms with van der Waals surface area (Å²) in [6.45, 7) is 5.70. The predicted molar refractivity (Wildman–Crippen MR) is 92.1 cm³/mol. The minimum atomic E-state index is -3.25. The molecule has 0 N–H and O–H groups in total. The third-order valence-electron chi connectivity index (χ3n) is 4.93. The molecule has 2 fully saturated rings. The molecule has 2 aliphatic heterocycles. The maximum absolute atomic E-state index is 12.6. The van der Waals surface area contributed by atoms with Crippen LogP contribution in [0.3, 0.4) is 0 Å². The summed E-state index contributed by atoms with van der Waals surface area (Å²) in [6.07, 6.45) is 3.01. The van der Waals surface area contributed by atoms with Gasteiger partial charge in [-0.2, -0.15) is 0 Å². The number of aryl methyl sites for hydroxylation is 1. The van der Waals surface area contributed by atoms with Gasteiger partial charge in [-0.05, 0) is 20.5 Å². The highest BCUT2D eigenvalue weighted by Crippen LogP contribution is 2.33. The zero-order valence-electron chi connectivity index (χ0n) is 14.8. The minimum absolute atomic E-state index is 0.0363. The number of ether oxygens (including phenoxy) is 1. The molecule has 2 saturated heterocycles. The number of carbonyl (C=O) groups excluding carboxylic acids is 1. The molecule has 2 aliphatic rings. The topological polar surface area (TPSA) is 92.7 Å². The van der Waals surface area contributed by atoms with Crippen molar-refractivity contribution < 1.29 is 17.9 Å². The second kappa shape index (κ2) is 6.62. The first-order chi connectivity index (χ1) is 11.8. The summed E-state index contributed by atoms with van der Waals surface area (Å²) >= 11 is 0. The van der Waals surface area contributed by atoms with Crippen LogP contribution >= 0.6 is 0 Å². The van der Waals surface area contributed by atoms with Gasteiger partial charge in [0.1, 0.15) is 11.3 Å². The zero-order valence-corrected chi connectivity index (χ0v) is 15.6. The molecule has 0 aliphatic carbocycles. The summed E-state index contributed by atoms with van der Waals surface area (Å²) in [6, 6.07) is 0.